The number of sulfonamides is 1. The van der Waals surface area contributed by atoms with Gasteiger partial charge in [-0.2, -0.15) is 4.31 Å². The van der Waals surface area contributed by atoms with Gasteiger partial charge in [-0.1, -0.05) is 19.3 Å². The average Bonchev–Trinajstić information content (AvgIpc) is 2.79. The van der Waals surface area contributed by atoms with Crippen molar-refractivity contribution in [3.8, 4) is 0 Å². The minimum absolute atomic E-state index is 0.0434. The van der Waals surface area contributed by atoms with Crippen molar-refractivity contribution in [2.45, 2.75) is 55.9 Å². The predicted octanol–water partition coefficient (Wildman–Crippen LogP) is 3.09. The van der Waals surface area contributed by atoms with Crippen molar-refractivity contribution in [2.75, 3.05) is 40.3 Å². The monoisotopic (exact) mass is 457 g/mol. The SMILES string of the molecule is CN(CCN(C)C1CCCCC1)C(=O)C1CCN(S(=O)(=O)c2ccc(F)c(F)c2)CC1. The molecule has 1 saturated carbocycles. The Balaban J connectivity index is 1.50. The lowest BCUT2D eigenvalue weighted by Gasteiger charge is -2.34. The van der Waals surface area contributed by atoms with Gasteiger partial charge in [0.05, 0.1) is 4.90 Å². The van der Waals surface area contributed by atoms with Crippen molar-refractivity contribution >= 4 is 15.9 Å². The highest BCUT2D eigenvalue weighted by Crippen LogP contribution is 2.26. The second-order valence-electron chi connectivity index (χ2n) is 8.79. The first-order valence-electron chi connectivity index (χ1n) is 11.1. The lowest BCUT2D eigenvalue weighted by molar-refractivity contribution is -0.135. The number of nitrogens with zero attached hydrogens (tertiary/aromatic N) is 3. The zero-order chi connectivity index (χ0) is 22.6. The van der Waals surface area contributed by atoms with Crippen molar-refractivity contribution in [2.24, 2.45) is 5.92 Å². The molecule has 0 atom stereocenters. The van der Waals surface area contributed by atoms with Crippen LogP contribution in [0.5, 0.6) is 0 Å². The summed E-state index contributed by atoms with van der Waals surface area (Å²) in [5.41, 5.74) is 0. The van der Waals surface area contributed by atoms with Gasteiger partial charge in [-0.15, -0.1) is 0 Å². The van der Waals surface area contributed by atoms with Gasteiger partial charge in [0.15, 0.2) is 11.6 Å². The number of piperidine rings is 1. The minimum Gasteiger partial charge on any atom is -0.344 e. The summed E-state index contributed by atoms with van der Waals surface area (Å²) in [7, 11) is 0.0185. The van der Waals surface area contributed by atoms with E-state index in [2.05, 4.69) is 11.9 Å². The van der Waals surface area contributed by atoms with E-state index in [0.717, 1.165) is 18.7 Å². The lowest BCUT2D eigenvalue weighted by atomic mass is 9.94. The van der Waals surface area contributed by atoms with Gasteiger partial charge >= 0.3 is 0 Å². The molecule has 1 aliphatic heterocycles. The zero-order valence-electron chi connectivity index (χ0n) is 18.4. The molecule has 1 aromatic carbocycles. The van der Waals surface area contributed by atoms with Gasteiger partial charge in [-0.25, -0.2) is 17.2 Å². The second kappa shape index (κ2) is 10.4. The highest BCUT2D eigenvalue weighted by atomic mass is 32.2. The van der Waals surface area contributed by atoms with Gasteiger partial charge in [0, 0.05) is 45.2 Å². The third-order valence-electron chi connectivity index (χ3n) is 6.69. The van der Waals surface area contributed by atoms with Crippen LogP contribution in [0.3, 0.4) is 0 Å². The molecule has 3 rings (SSSR count). The van der Waals surface area contributed by atoms with E-state index in [0.29, 0.717) is 31.5 Å². The number of amides is 1. The van der Waals surface area contributed by atoms with Crippen LogP contribution in [-0.2, 0) is 14.8 Å². The fourth-order valence-electron chi connectivity index (χ4n) is 4.56. The molecule has 2 fully saturated rings. The zero-order valence-corrected chi connectivity index (χ0v) is 19.2. The van der Waals surface area contributed by atoms with Crippen molar-refractivity contribution < 1.29 is 22.0 Å². The van der Waals surface area contributed by atoms with E-state index in [-0.39, 0.29) is 29.8 Å². The van der Waals surface area contributed by atoms with E-state index in [4.69, 9.17) is 0 Å². The van der Waals surface area contributed by atoms with Crippen LogP contribution >= 0.6 is 0 Å². The fourth-order valence-corrected chi connectivity index (χ4v) is 6.05. The smallest absolute Gasteiger partial charge is 0.243 e. The Labute approximate surface area is 184 Å². The van der Waals surface area contributed by atoms with Gasteiger partial charge in [0.1, 0.15) is 0 Å². The third-order valence-corrected chi connectivity index (χ3v) is 8.59. The number of hydrogen-bond donors (Lipinski definition) is 0. The molecular weight excluding hydrogens is 424 g/mol. The Morgan fingerprint density at radius 1 is 1.00 bits per heavy atom. The molecule has 6 nitrogen and oxygen atoms in total. The number of carbonyl (C=O) groups excluding carboxylic acids is 1. The topological polar surface area (TPSA) is 60.9 Å². The largest absolute Gasteiger partial charge is 0.344 e. The second-order valence-corrected chi connectivity index (χ2v) is 10.7. The molecule has 0 spiro atoms. The van der Waals surface area contributed by atoms with Gasteiger partial charge in [-0.3, -0.25) is 4.79 Å². The number of halogens is 2. The number of rotatable bonds is 7. The van der Waals surface area contributed by atoms with Gasteiger partial charge in [0.25, 0.3) is 0 Å². The summed E-state index contributed by atoms with van der Waals surface area (Å²) < 4.78 is 53.3. The molecule has 0 radical (unpaired) electrons. The van der Waals surface area contributed by atoms with Gasteiger partial charge in [0.2, 0.25) is 15.9 Å². The first-order valence-corrected chi connectivity index (χ1v) is 12.5. The van der Waals surface area contributed by atoms with Crippen LogP contribution in [0.2, 0.25) is 0 Å². The van der Waals surface area contributed by atoms with Crippen molar-refractivity contribution in [3.05, 3.63) is 29.8 Å². The fraction of sp³-hybridized carbons (Fsp3) is 0.682. The van der Waals surface area contributed by atoms with Gasteiger partial charge < -0.3 is 9.80 Å². The maximum atomic E-state index is 13.5. The normalized spacial score (nSPS) is 19.6. The summed E-state index contributed by atoms with van der Waals surface area (Å²) in [4.78, 5) is 16.7. The Morgan fingerprint density at radius 3 is 2.26 bits per heavy atom. The van der Waals surface area contributed by atoms with E-state index < -0.39 is 21.7 Å². The third kappa shape index (κ3) is 5.81. The molecule has 174 valence electrons. The van der Waals surface area contributed by atoms with E-state index >= 15 is 0 Å². The molecule has 0 aromatic heterocycles. The van der Waals surface area contributed by atoms with Crippen molar-refractivity contribution in [1.82, 2.24) is 14.1 Å². The Hall–Kier alpha value is -1.58. The number of carbonyl (C=O) groups is 1. The summed E-state index contributed by atoms with van der Waals surface area (Å²) in [6.07, 6.45) is 7.14. The van der Waals surface area contributed by atoms with Crippen molar-refractivity contribution in [3.63, 3.8) is 0 Å². The summed E-state index contributed by atoms with van der Waals surface area (Å²) in [5.74, 6) is -2.45. The molecule has 0 unspecified atom stereocenters. The molecule has 0 N–H and O–H groups in total. The molecule has 0 bridgehead atoms. The summed E-state index contributed by atoms with van der Waals surface area (Å²) in [6, 6.07) is 3.19. The number of benzene rings is 1. The summed E-state index contributed by atoms with van der Waals surface area (Å²) >= 11 is 0. The van der Waals surface area contributed by atoms with Crippen molar-refractivity contribution in [1.29, 1.82) is 0 Å². The van der Waals surface area contributed by atoms with Gasteiger partial charge in [-0.05, 0) is 50.9 Å². The van der Waals surface area contributed by atoms with Crippen LogP contribution in [-0.4, -0.2) is 74.7 Å². The Morgan fingerprint density at radius 2 is 1.65 bits per heavy atom. The summed E-state index contributed by atoms with van der Waals surface area (Å²) in [6.45, 7) is 1.86. The molecular formula is C22H33F2N3O3S. The van der Waals surface area contributed by atoms with Crippen LogP contribution in [0.4, 0.5) is 8.78 Å². The van der Waals surface area contributed by atoms with E-state index in [9.17, 15) is 22.0 Å². The molecule has 9 heteroatoms. The first-order chi connectivity index (χ1) is 14.7. The highest BCUT2D eigenvalue weighted by molar-refractivity contribution is 7.89. The first kappa shape index (κ1) is 24.1. The maximum Gasteiger partial charge on any atom is 0.243 e. The van der Waals surface area contributed by atoms with Crippen LogP contribution < -0.4 is 0 Å². The standard InChI is InChI=1S/C22H33F2N3O3S/c1-25(18-6-4-3-5-7-18)14-15-26(2)22(28)17-10-12-27(13-11-17)31(29,30)19-8-9-20(23)21(24)16-19/h8-9,16-18H,3-7,10-15H2,1-2H3. The van der Waals surface area contributed by atoms with Crippen LogP contribution in [0.25, 0.3) is 0 Å². The van der Waals surface area contributed by atoms with Crippen LogP contribution in [0, 0.1) is 17.6 Å². The van der Waals surface area contributed by atoms with Crippen LogP contribution in [0.1, 0.15) is 44.9 Å². The van der Waals surface area contributed by atoms with Crippen LogP contribution in [0.15, 0.2) is 23.1 Å². The molecule has 1 aliphatic carbocycles. The highest BCUT2D eigenvalue weighted by Gasteiger charge is 2.33. The Bertz CT molecular complexity index is 867. The quantitative estimate of drug-likeness (QED) is 0.631. The number of hydrogen-bond acceptors (Lipinski definition) is 4. The molecule has 31 heavy (non-hydrogen) atoms. The Kier molecular flexibility index (Phi) is 8.04. The molecule has 1 aromatic rings. The summed E-state index contributed by atoms with van der Waals surface area (Å²) in [5, 5.41) is 0. The van der Waals surface area contributed by atoms with E-state index in [1.165, 1.54) is 36.4 Å². The maximum absolute atomic E-state index is 13.5. The molecule has 1 amide bonds. The average molecular weight is 458 g/mol. The van der Waals surface area contributed by atoms with E-state index in [1.807, 2.05) is 0 Å². The minimum atomic E-state index is -3.91. The molecule has 1 heterocycles. The predicted molar refractivity (Wildman–Crippen MR) is 115 cm³/mol. The molecule has 2 aliphatic rings. The molecule has 1 saturated heterocycles. The lowest BCUT2D eigenvalue weighted by Crippen LogP contribution is -2.45. The number of likely N-dealkylation sites (N-methyl/N-ethyl adjacent to an activating group) is 2. The van der Waals surface area contributed by atoms with E-state index in [1.54, 1.807) is 11.9 Å².